The van der Waals surface area contributed by atoms with Gasteiger partial charge >= 0.3 is 0 Å². The van der Waals surface area contributed by atoms with Gasteiger partial charge in [-0.2, -0.15) is 0 Å². The highest BCUT2D eigenvalue weighted by atomic mass is 16.5. The molecular weight excluding hydrogens is 186 g/mol. The van der Waals surface area contributed by atoms with E-state index in [2.05, 4.69) is 17.1 Å². The van der Waals surface area contributed by atoms with Crippen LogP contribution in [0.3, 0.4) is 0 Å². The summed E-state index contributed by atoms with van der Waals surface area (Å²) >= 11 is 0. The highest BCUT2D eigenvalue weighted by Crippen LogP contribution is 2.40. The zero-order valence-corrected chi connectivity index (χ0v) is 8.53. The summed E-state index contributed by atoms with van der Waals surface area (Å²) in [6.45, 7) is 0. The predicted molar refractivity (Wildman–Crippen MR) is 59.0 cm³/mol. The number of benzene rings is 1. The fourth-order valence-corrected chi connectivity index (χ4v) is 2.17. The first-order valence-corrected chi connectivity index (χ1v) is 5.00. The Morgan fingerprint density at radius 1 is 1.13 bits per heavy atom. The highest BCUT2D eigenvalue weighted by molar-refractivity contribution is 5.78. The first-order valence-electron chi connectivity index (χ1n) is 5.00. The summed E-state index contributed by atoms with van der Waals surface area (Å²) in [5.41, 5.74) is 4.83. The summed E-state index contributed by atoms with van der Waals surface area (Å²) < 4.78 is 5.37. The first-order chi connectivity index (χ1) is 7.40. The average molecular weight is 197 g/mol. The lowest BCUT2D eigenvalue weighted by Crippen LogP contribution is -1.88. The topological polar surface area (TPSA) is 22.1 Å². The van der Waals surface area contributed by atoms with E-state index in [0.29, 0.717) is 0 Å². The molecule has 2 aromatic rings. The minimum atomic E-state index is 0.921. The Kier molecular flexibility index (Phi) is 1.75. The van der Waals surface area contributed by atoms with Crippen molar-refractivity contribution in [3.8, 4) is 17.0 Å². The van der Waals surface area contributed by atoms with Crippen LogP contribution in [-0.4, -0.2) is 12.1 Å². The molecule has 0 bridgehead atoms. The quantitative estimate of drug-likeness (QED) is 0.598. The van der Waals surface area contributed by atoms with E-state index in [0.717, 1.165) is 23.4 Å². The van der Waals surface area contributed by atoms with Gasteiger partial charge in [-0.05, 0) is 23.3 Å². The van der Waals surface area contributed by atoms with E-state index in [-0.39, 0.29) is 0 Å². The molecule has 0 unspecified atom stereocenters. The Morgan fingerprint density at radius 2 is 2.00 bits per heavy atom. The van der Waals surface area contributed by atoms with E-state index in [1.54, 1.807) is 7.11 Å². The van der Waals surface area contributed by atoms with Gasteiger partial charge in [-0.1, -0.05) is 18.2 Å². The maximum Gasteiger partial charge on any atom is 0.128 e. The Balaban J connectivity index is 2.30. The van der Waals surface area contributed by atoms with E-state index in [4.69, 9.17) is 4.74 Å². The number of rotatable bonds is 1. The van der Waals surface area contributed by atoms with Gasteiger partial charge in [0.2, 0.25) is 0 Å². The molecule has 0 spiro atoms. The lowest BCUT2D eigenvalue weighted by molar-refractivity contribution is 0.416. The average Bonchev–Trinajstić information content (AvgIpc) is 2.67. The minimum Gasteiger partial charge on any atom is -0.496 e. The number of pyridine rings is 1. The number of aromatic nitrogens is 1. The number of hydrogen-bond acceptors (Lipinski definition) is 2. The molecule has 0 atom stereocenters. The number of ether oxygens (including phenoxy) is 1. The van der Waals surface area contributed by atoms with Crippen molar-refractivity contribution in [1.29, 1.82) is 0 Å². The molecule has 0 saturated carbocycles. The first kappa shape index (κ1) is 8.48. The molecule has 1 aromatic heterocycles. The van der Waals surface area contributed by atoms with Crippen LogP contribution < -0.4 is 4.74 Å². The third-order valence-electron chi connectivity index (χ3n) is 2.84. The van der Waals surface area contributed by atoms with Crippen molar-refractivity contribution >= 4 is 0 Å². The molecule has 0 N–H and O–H groups in total. The van der Waals surface area contributed by atoms with Crippen LogP contribution in [0.2, 0.25) is 0 Å². The monoisotopic (exact) mass is 197 g/mol. The minimum absolute atomic E-state index is 0.921. The van der Waals surface area contributed by atoms with Crippen LogP contribution in [-0.2, 0) is 6.42 Å². The number of fused-ring (bicyclic) bond motifs is 3. The molecule has 1 aliphatic rings. The summed E-state index contributed by atoms with van der Waals surface area (Å²) in [5.74, 6) is 0.921. The molecule has 0 amide bonds. The zero-order valence-electron chi connectivity index (χ0n) is 8.53. The third-order valence-corrected chi connectivity index (χ3v) is 2.84. The van der Waals surface area contributed by atoms with Gasteiger partial charge < -0.3 is 4.74 Å². The Morgan fingerprint density at radius 3 is 2.87 bits per heavy atom. The van der Waals surface area contributed by atoms with Crippen LogP contribution in [0.5, 0.6) is 5.75 Å². The van der Waals surface area contributed by atoms with Crippen molar-refractivity contribution in [1.82, 2.24) is 4.98 Å². The Labute approximate surface area is 88.5 Å². The smallest absolute Gasteiger partial charge is 0.128 e. The Bertz CT molecular complexity index is 520. The second-order valence-electron chi connectivity index (χ2n) is 3.68. The van der Waals surface area contributed by atoms with Crippen LogP contribution in [0.1, 0.15) is 11.1 Å². The molecule has 0 aliphatic heterocycles. The summed E-state index contributed by atoms with van der Waals surface area (Å²) in [4.78, 5) is 4.43. The molecule has 0 fully saturated rings. The second-order valence-corrected chi connectivity index (χ2v) is 3.68. The summed E-state index contributed by atoms with van der Waals surface area (Å²) in [7, 11) is 1.70. The molecule has 0 saturated heterocycles. The van der Waals surface area contributed by atoms with E-state index < -0.39 is 0 Å². The highest BCUT2D eigenvalue weighted by Gasteiger charge is 2.22. The molecule has 1 heterocycles. The Hall–Kier alpha value is -1.83. The van der Waals surface area contributed by atoms with Crippen LogP contribution in [0.15, 0.2) is 36.5 Å². The second kappa shape index (κ2) is 3.09. The largest absolute Gasteiger partial charge is 0.496 e. The van der Waals surface area contributed by atoms with E-state index in [1.165, 1.54) is 11.1 Å². The van der Waals surface area contributed by atoms with E-state index in [1.807, 2.05) is 24.4 Å². The van der Waals surface area contributed by atoms with Gasteiger partial charge in [-0.3, -0.25) is 4.98 Å². The molecule has 2 nitrogen and oxygen atoms in total. The standard InChI is InChI=1S/C13H11NO/c1-15-11-6-2-4-9-8-10-5-3-7-14-13(10)12(9)11/h2-7H,8H2,1H3. The number of methoxy groups -OCH3 is 1. The molecule has 1 aliphatic carbocycles. The van der Waals surface area contributed by atoms with Crippen molar-refractivity contribution in [2.45, 2.75) is 6.42 Å². The molecule has 2 heteroatoms. The van der Waals surface area contributed by atoms with E-state index >= 15 is 0 Å². The van der Waals surface area contributed by atoms with Gasteiger partial charge in [0.1, 0.15) is 5.75 Å². The lowest BCUT2D eigenvalue weighted by atomic mass is 10.1. The molecule has 0 radical (unpaired) electrons. The molecule has 3 rings (SSSR count). The van der Waals surface area contributed by atoms with Crippen LogP contribution in [0, 0.1) is 0 Å². The van der Waals surface area contributed by atoms with Gasteiger partial charge in [0.05, 0.1) is 12.8 Å². The van der Waals surface area contributed by atoms with E-state index in [9.17, 15) is 0 Å². The summed E-state index contributed by atoms with van der Waals surface area (Å²) in [6, 6.07) is 10.3. The van der Waals surface area contributed by atoms with Crippen LogP contribution >= 0.6 is 0 Å². The summed E-state index contributed by atoms with van der Waals surface area (Å²) in [6.07, 6.45) is 2.80. The van der Waals surface area contributed by atoms with Crippen molar-refractivity contribution in [3.63, 3.8) is 0 Å². The van der Waals surface area contributed by atoms with Crippen molar-refractivity contribution in [2.24, 2.45) is 0 Å². The fourth-order valence-electron chi connectivity index (χ4n) is 2.17. The third kappa shape index (κ3) is 1.14. The van der Waals surface area contributed by atoms with Gasteiger partial charge in [-0.15, -0.1) is 0 Å². The lowest BCUT2D eigenvalue weighted by Gasteiger charge is -2.06. The van der Waals surface area contributed by atoms with Crippen molar-refractivity contribution in [3.05, 3.63) is 47.7 Å². The van der Waals surface area contributed by atoms with Crippen LogP contribution in [0.4, 0.5) is 0 Å². The maximum atomic E-state index is 5.37. The van der Waals surface area contributed by atoms with Crippen molar-refractivity contribution < 1.29 is 4.74 Å². The fraction of sp³-hybridized carbons (Fsp3) is 0.154. The van der Waals surface area contributed by atoms with Gasteiger partial charge in [0.15, 0.2) is 0 Å². The number of hydrogen-bond donors (Lipinski definition) is 0. The predicted octanol–water partition coefficient (Wildman–Crippen LogP) is 2.66. The molecule has 15 heavy (non-hydrogen) atoms. The molecule has 1 aromatic carbocycles. The summed E-state index contributed by atoms with van der Waals surface area (Å²) in [5, 5.41) is 0. The SMILES string of the molecule is COc1cccc2c1-c1ncccc1C2. The zero-order chi connectivity index (χ0) is 10.3. The van der Waals surface area contributed by atoms with Crippen LogP contribution in [0.25, 0.3) is 11.3 Å². The van der Waals surface area contributed by atoms with Gasteiger partial charge in [-0.25, -0.2) is 0 Å². The maximum absolute atomic E-state index is 5.37. The normalized spacial score (nSPS) is 12.1. The number of nitrogens with zero attached hydrogens (tertiary/aromatic N) is 1. The van der Waals surface area contributed by atoms with Gasteiger partial charge in [0.25, 0.3) is 0 Å². The molecule has 74 valence electrons. The molecular formula is C13H11NO. The van der Waals surface area contributed by atoms with Gasteiger partial charge in [0, 0.05) is 18.2 Å². The van der Waals surface area contributed by atoms with Crippen molar-refractivity contribution in [2.75, 3.05) is 7.11 Å².